The van der Waals surface area contributed by atoms with Gasteiger partial charge in [-0.2, -0.15) is 0 Å². The van der Waals surface area contributed by atoms with Gasteiger partial charge < -0.3 is 15.2 Å². The van der Waals surface area contributed by atoms with Crippen molar-refractivity contribution in [3.05, 3.63) is 0 Å². The summed E-state index contributed by atoms with van der Waals surface area (Å²) < 4.78 is 5.23. The monoisotopic (exact) mass is 201 g/mol. The van der Waals surface area contributed by atoms with Gasteiger partial charge in [0.1, 0.15) is 12.1 Å². The summed E-state index contributed by atoms with van der Waals surface area (Å²) in [6.07, 6.45) is -0.0205. The zero-order valence-corrected chi connectivity index (χ0v) is 8.99. The number of aliphatic hydroxyl groups excluding tert-OH is 1. The summed E-state index contributed by atoms with van der Waals surface area (Å²) in [6.45, 7) is 6.38. The maximum Gasteiger partial charge on any atom is 0.323 e. The van der Waals surface area contributed by atoms with Crippen molar-refractivity contribution in [3.63, 3.8) is 0 Å². The maximum absolute atomic E-state index is 11.5. The van der Waals surface area contributed by atoms with E-state index in [4.69, 9.17) is 4.74 Å². The van der Waals surface area contributed by atoms with Crippen LogP contribution in [0.15, 0.2) is 0 Å². The lowest BCUT2D eigenvalue weighted by molar-refractivity contribution is -0.152. The van der Waals surface area contributed by atoms with Gasteiger partial charge >= 0.3 is 5.97 Å². The van der Waals surface area contributed by atoms with E-state index in [0.717, 1.165) is 0 Å². The Morgan fingerprint density at radius 1 is 1.50 bits per heavy atom. The number of esters is 1. The van der Waals surface area contributed by atoms with Crippen LogP contribution in [0, 0.1) is 5.92 Å². The van der Waals surface area contributed by atoms with Crippen LogP contribution >= 0.6 is 0 Å². The average molecular weight is 201 g/mol. The summed E-state index contributed by atoms with van der Waals surface area (Å²) in [6, 6.07) is -0.328. The molecule has 1 aliphatic rings. The quantitative estimate of drug-likeness (QED) is 0.645. The summed E-state index contributed by atoms with van der Waals surface area (Å²) in [5.41, 5.74) is 0. The highest BCUT2D eigenvalue weighted by atomic mass is 16.5. The Morgan fingerprint density at radius 3 is 2.57 bits per heavy atom. The van der Waals surface area contributed by atoms with Crippen LogP contribution in [0.4, 0.5) is 0 Å². The lowest BCUT2D eigenvalue weighted by Gasteiger charge is -2.19. The van der Waals surface area contributed by atoms with Crippen molar-refractivity contribution in [2.75, 3.05) is 6.54 Å². The summed E-state index contributed by atoms with van der Waals surface area (Å²) in [5.74, 6) is 0.0769. The minimum absolute atomic E-state index is 0.0676. The molecule has 1 rings (SSSR count). The fourth-order valence-electron chi connectivity index (χ4n) is 1.30. The van der Waals surface area contributed by atoms with Crippen molar-refractivity contribution >= 4 is 5.97 Å². The Bertz CT molecular complexity index is 206. The van der Waals surface area contributed by atoms with Crippen molar-refractivity contribution in [2.24, 2.45) is 5.92 Å². The molecule has 2 unspecified atom stereocenters. The molecule has 0 bridgehead atoms. The topological polar surface area (TPSA) is 58.6 Å². The SMILES string of the molecule is CC(C)C(C)OC(=O)[C@@H]1CC(O)CN1. The molecular formula is C10H19NO3. The zero-order valence-electron chi connectivity index (χ0n) is 8.99. The van der Waals surface area contributed by atoms with Crippen LogP contribution in [0.1, 0.15) is 27.2 Å². The Labute approximate surface area is 84.6 Å². The summed E-state index contributed by atoms with van der Waals surface area (Å²) in [5, 5.41) is 12.1. The second-order valence-corrected chi connectivity index (χ2v) is 4.24. The third-order valence-corrected chi connectivity index (χ3v) is 2.63. The number of hydrogen-bond acceptors (Lipinski definition) is 4. The number of rotatable bonds is 3. The molecule has 0 aromatic heterocycles. The van der Waals surface area contributed by atoms with Crippen LogP contribution in [0.3, 0.4) is 0 Å². The molecule has 4 nitrogen and oxygen atoms in total. The number of hydrogen-bond donors (Lipinski definition) is 2. The maximum atomic E-state index is 11.5. The fourth-order valence-corrected chi connectivity index (χ4v) is 1.30. The van der Waals surface area contributed by atoms with E-state index < -0.39 is 6.10 Å². The Morgan fingerprint density at radius 2 is 2.14 bits per heavy atom. The molecule has 1 heterocycles. The lowest BCUT2D eigenvalue weighted by Crippen LogP contribution is -2.35. The lowest BCUT2D eigenvalue weighted by atomic mass is 10.1. The molecule has 0 aliphatic carbocycles. The molecule has 0 radical (unpaired) electrons. The number of ether oxygens (including phenoxy) is 1. The van der Waals surface area contributed by atoms with Crippen LogP contribution in [-0.2, 0) is 9.53 Å². The summed E-state index contributed by atoms with van der Waals surface area (Å²) >= 11 is 0. The van der Waals surface area contributed by atoms with Crippen molar-refractivity contribution < 1.29 is 14.6 Å². The van der Waals surface area contributed by atoms with E-state index in [1.165, 1.54) is 0 Å². The third-order valence-electron chi connectivity index (χ3n) is 2.63. The second kappa shape index (κ2) is 4.75. The normalized spacial score (nSPS) is 29.2. The third kappa shape index (κ3) is 2.96. The fraction of sp³-hybridized carbons (Fsp3) is 0.900. The minimum Gasteiger partial charge on any atom is -0.461 e. The highest BCUT2D eigenvalue weighted by Gasteiger charge is 2.30. The van der Waals surface area contributed by atoms with Crippen molar-refractivity contribution in [3.8, 4) is 0 Å². The molecule has 0 aromatic carbocycles. The Hall–Kier alpha value is -0.610. The smallest absolute Gasteiger partial charge is 0.323 e. The predicted molar refractivity (Wildman–Crippen MR) is 52.8 cm³/mol. The van der Waals surface area contributed by atoms with E-state index in [1.807, 2.05) is 20.8 Å². The van der Waals surface area contributed by atoms with Crippen LogP contribution in [0.2, 0.25) is 0 Å². The first-order valence-electron chi connectivity index (χ1n) is 5.12. The molecule has 1 fully saturated rings. The molecular weight excluding hydrogens is 182 g/mol. The summed E-state index contributed by atoms with van der Waals surface area (Å²) in [4.78, 5) is 11.5. The minimum atomic E-state index is -0.415. The van der Waals surface area contributed by atoms with Gasteiger partial charge in [-0.05, 0) is 12.8 Å². The van der Waals surface area contributed by atoms with E-state index in [1.54, 1.807) is 0 Å². The Balaban J connectivity index is 2.35. The van der Waals surface area contributed by atoms with E-state index in [2.05, 4.69) is 5.32 Å². The first-order valence-corrected chi connectivity index (χ1v) is 5.12. The number of aliphatic hydroxyl groups is 1. The van der Waals surface area contributed by atoms with E-state index in [-0.39, 0.29) is 18.1 Å². The molecule has 2 N–H and O–H groups in total. The molecule has 1 saturated heterocycles. The van der Waals surface area contributed by atoms with E-state index >= 15 is 0 Å². The zero-order chi connectivity index (χ0) is 10.7. The van der Waals surface area contributed by atoms with E-state index in [0.29, 0.717) is 18.9 Å². The van der Waals surface area contributed by atoms with Crippen LogP contribution in [-0.4, -0.2) is 35.9 Å². The standard InChI is InChI=1S/C10H19NO3/c1-6(2)7(3)14-10(13)9-4-8(12)5-11-9/h6-9,11-12H,4-5H2,1-3H3/t7?,8?,9-/m0/s1. The van der Waals surface area contributed by atoms with Crippen molar-refractivity contribution in [1.29, 1.82) is 0 Å². The Kier molecular flexibility index (Phi) is 3.89. The highest BCUT2D eigenvalue weighted by molar-refractivity contribution is 5.76. The molecule has 4 heteroatoms. The summed E-state index contributed by atoms with van der Waals surface area (Å²) in [7, 11) is 0. The molecule has 0 spiro atoms. The van der Waals surface area contributed by atoms with Gasteiger partial charge in [-0.3, -0.25) is 4.79 Å². The molecule has 3 atom stereocenters. The molecule has 0 aromatic rings. The predicted octanol–water partition coefficient (Wildman–Crippen LogP) is 0.297. The van der Waals surface area contributed by atoms with Gasteiger partial charge in [0, 0.05) is 13.0 Å². The van der Waals surface area contributed by atoms with Gasteiger partial charge in [-0.1, -0.05) is 13.8 Å². The second-order valence-electron chi connectivity index (χ2n) is 4.24. The van der Waals surface area contributed by atoms with Gasteiger partial charge in [0.05, 0.1) is 6.10 Å². The van der Waals surface area contributed by atoms with Gasteiger partial charge in [-0.15, -0.1) is 0 Å². The van der Waals surface area contributed by atoms with Gasteiger partial charge in [0.2, 0.25) is 0 Å². The van der Waals surface area contributed by atoms with E-state index in [9.17, 15) is 9.90 Å². The number of β-amino-alcohol motifs (C(OH)–C–C–N with tert-alkyl or cyclic N) is 1. The van der Waals surface area contributed by atoms with Crippen LogP contribution in [0.25, 0.3) is 0 Å². The first-order chi connectivity index (χ1) is 6.50. The van der Waals surface area contributed by atoms with Crippen molar-refractivity contribution in [1.82, 2.24) is 5.32 Å². The number of carbonyl (C=O) groups excluding carboxylic acids is 1. The van der Waals surface area contributed by atoms with Gasteiger partial charge in [-0.25, -0.2) is 0 Å². The average Bonchev–Trinajstić information content (AvgIpc) is 2.51. The molecule has 14 heavy (non-hydrogen) atoms. The van der Waals surface area contributed by atoms with Gasteiger partial charge in [0.25, 0.3) is 0 Å². The molecule has 0 amide bonds. The first kappa shape index (κ1) is 11.5. The molecule has 1 aliphatic heterocycles. The molecule has 82 valence electrons. The highest BCUT2D eigenvalue weighted by Crippen LogP contribution is 2.12. The van der Waals surface area contributed by atoms with Crippen LogP contribution in [0.5, 0.6) is 0 Å². The van der Waals surface area contributed by atoms with Crippen LogP contribution < -0.4 is 5.32 Å². The number of nitrogens with one attached hydrogen (secondary N) is 1. The number of carbonyl (C=O) groups is 1. The largest absolute Gasteiger partial charge is 0.461 e. The van der Waals surface area contributed by atoms with Gasteiger partial charge in [0.15, 0.2) is 0 Å². The molecule has 0 saturated carbocycles. The van der Waals surface area contributed by atoms with Crippen molar-refractivity contribution in [2.45, 2.75) is 45.4 Å².